The molecule has 0 bridgehead atoms. The number of carbonyl (C=O) groups excluding carboxylic acids is 2. The first kappa shape index (κ1) is 18.7. The van der Waals surface area contributed by atoms with Crippen LogP contribution in [0.4, 0.5) is 0 Å². The summed E-state index contributed by atoms with van der Waals surface area (Å²) in [4.78, 5) is 33.2. The Hall–Kier alpha value is -2.69. The minimum atomic E-state index is 0.152. The van der Waals surface area contributed by atoms with Crippen LogP contribution in [0, 0.1) is 5.41 Å². The van der Waals surface area contributed by atoms with Gasteiger partial charge in [0.1, 0.15) is 0 Å². The Bertz CT molecular complexity index is 814. The van der Waals surface area contributed by atoms with Gasteiger partial charge in [0.05, 0.1) is 6.42 Å². The van der Waals surface area contributed by atoms with E-state index in [9.17, 15) is 9.59 Å². The van der Waals surface area contributed by atoms with Gasteiger partial charge in [0, 0.05) is 45.0 Å². The Morgan fingerprint density at radius 3 is 2.46 bits per heavy atom. The van der Waals surface area contributed by atoms with Crippen LogP contribution in [-0.4, -0.2) is 46.2 Å². The highest BCUT2D eigenvalue weighted by Crippen LogP contribution is 2.40. The monoisotopic (exact) mass is 377 g/mol. The van der Waals surface area contributed by atoms with E-state index in [1.807, 2.05) is 58.5 Å². The predicted molar refractivity (Wildman–Crippen MR) is 107 cm³/mol. The molecule has 5 nitrogen and oxygen atoms in total. The number of carbonyl (C=O) groups is 2. The highest BCUT2D eigenvalue weighted by Gasteiger charge is 2.41. The van der Waals surface area contributed by atoms with Crippen molar-refractivity contribution in [3.8, 4) is 0 Å². The fourth-order valence-corrected chi connectivity index (χ4v) is 4.48. The highest BCUT2D eigenvalue weighted by molar-refractivity contribution is 5.79. The van der Waals surface area contributed by atoms with E-state index >= 15 is 0 Å². The van der Waals surface area contributed by atoms with Crippen LogP contribution in [0.25, 0.3) is 0 Å². The van der Waals surface area contributed by atoms with E-state index in [1.165, 1.54) is 0 Å². The molecular formula is C23H27N3O2. The van der Waals surface area contributed by atoms with Crippen LogP contribution >= 0.6 is 0 Å². The van der Waals surface area contributed by atoms with Crippen LogP contribution in [0.2, 0.25) is 0 Å². The van der Waals surface area contributed by atoms with Gasteiger partial charge in [-0.2, -0.15) is 0 Å². The van der Waals surface area contributed by atoms with E-state index in [4.69, 9.17) is 0 Å². The van der Waals surface area contributed by atoms with Crippen LogP contribution in [0.5, 0.6) is 0 Å². The van der Waals surface area contributed by atoms with Gasteiger partial charge in [-0.15, -0.1) is 0 Å². The Balaban J connectivity index is 1.35. The maximum Gasteiger partial charge on any atom is 0.226 e. The predicted octanol–water partition coefficient (Wildman–Crippen LogP) is 3.06. The first-order valence-corrected chi connectivity index (χ1v) is 10.1. The zero-order valence-corrected chi connectivity index (χ0v) is 16.2. The van der Waals surface area contributed by atoms with Crippen LogP contribution < -0.4 is 0 Å². The molecule has 2 saturated heterocycles. The molecule has 1 aromatic heterocycles. The lowest BCUT2D eigenvalue weighted by molar-refractivity contribution is -0.142. The molecule has 2 aliphatic heterocycles. The minimum absolute atomic E-state index is 0.152. The van der Waals surface area contributed by atoms with Crippen LogP contribution in [0.3, 0.4) is 0 Å². The number of piperidine rings is 2. The largest absolute Gasteiger partial charge is 0.342 e. The molecule has 2 amide bonds. The summed E-state index contributed by atoms with van der Waals surface area (Å²) in [5.74, 6) is 0.442. The topological polar surface area (TPSA) is 53.5 Å². The van der Waals surface area contributed by atoms with Crippen molar-refractivity contribution in [3.63, 3.8) is 0 Å². The van der Waals surface area contributed by atoms with Crippen molar-refractivity contribution in [1.82, 2.24) is 14.8 Å². The molecule has 146 valence electrons. The molecule has 28 heavy (non-hydrogen) atoms. The van der Waals surface area contributed by atoms with Crippen molar-refractivity contribution in [2.24, 2.45) is 5.41 Å². The molecule has 3 heterocycles. The van der Waals surface area contributed by atoms with E-state index in [2.05, 4.69) is 4.98 Å². The smallest absolute Gasteiger partial charge is 0.226 e. The number of rotatable bonds is 4. The number of hydrogen-bond acceptors (Lipinski definition) is 3. The normalized spacial score (nSPS) is 19.1. The second-order valence-corrected chi connectivity index (χ2v) is 8.15. The van der Waals surface area contributed by atoms with Gasteiger partial charge in [-0.05, 0) is 41.9 Å². The molecule has 0 saturated carbocycles. The summed E-state index contributed by atoms with van der Waals surface area (Å²) in [6.07, 6.45) is 7.56. The summed E-state index contributed by atoms with van der Waals surface area (Å²) < 4.78 is 0. The fourth-order valence-electron chi connectivity index (χ4n) is 4.48. The molecule has 2 aliphatic rings. The summed E-state index contributed by atoms with van der Waals surface area (Å²) in [6.45, 7) is 3.01. The van der Waals surface area contributed by atoms with Gasteiger partial charge in [-0.3, -0.25) is 14.6 Å². The van der Waals surface area contributed by atoms with Gasteiger partial charge >= 0.3 is 0 Å². The average molecular weight is 377 g/mol. The van der Waals surface area contributed by atoms with Gasteiger partial charge in [0.2, 0.25) is 11.8 Å². The van der Waals surface area contributed by atoms with Crippen LogP contribution in [-0.2, 0) is 22.6 Å². The standard InChI is InChI=1S/C23H27N3O2/c27-21-8-9-23(18-26(21)17-20-7-4-12-24-16-20)10-13-25(14-11-23)22(28)15-19-5-2-1-3-6-19/h1-7,12,16H,8-11,13-15,17-18H2. The number of hydrogen-bond donors (Lipinski definition) is 0. The molecule has 1 aromatic carbocycles. The summed E-state index contributed by atoms with van der Waals surface area (Å²) in [7, 11) is 0. The van der Waals surface area contributed by atoms with E-state index in [0.29, 0.717) is 19.4 Å². The summed E-state index contributed by atoms with van der Waals surface area (Å²) in [5.41, 5.74) is 2.29. The SMILES string of the molecule is O=C(Cc1ccccc1)N1CCC2(CCC(=O)N(Cc3cccnc3)C2)CC1. The first-order chi connectivity index (χ1) is 13.6. The summed E-state index contributed by atoms with van der Waals surface area (Å²) >= 11 is 0. The molecular weight excluding hydrogens is 350 g/mol. The summed E-state index contributed by atoms with van der Waals surface area (Å²) in [6, 6.07) is 13.9. The zero-order chi connectivity index (χ0) is 19.4. The number of pyridine rings is 1. The molecule has 2 aromatic rings. The number of amides is 2. The highest BCUT2D eigenvalue weighted by atomic mass is 16.2. The van der Waals surface area contributed by atoms with Gasteiger partial charge in [0.15, 0.2) is 0 Å². The van der Waals surface area contributed by atoms with Crippen LogP contribution in [0.15, 0.2) is 54.9 Å². The average Bonchev–Trinajstić information content (AvgIpc) is 2.73. The lowest BCUT2D eigenvalue weighted by Crippen LogP contribution is -2.52. The molecule has 0 unspecified atom stereocenters. The maximum atomic E-state index is 12.7. The lowest BCUT2D eigenvalue weighted by Gasteiger charge is -2.47. The third kappa shape index (κ3) is 4.24. The molecule has 0 aliphatic carbocycles. The second-order valence-electron chi connectivity index (χ2n) is 8.15. The molecule has 5 heteroatoms. The Morgan fingerprint density at radius 1 is 1.00 bits per heavy atom. The second kappa shape index (κ2) is 8.13. The van der Waals surface area contributed by atoms with Crippen LogP contribution in [0.1, 0.15) is 36.8 Å². The first-order valence-electron chi connectivity index (χ1n) is 10.1. The number of aromatic nitrogens is 1. The van der Waals surface area contributed by atoms with Crippen molar-refractivity contribution in [1.29, 1.82) is 0 Å². The summed E-state index contributed by atoms with van der Waals surface area (Å²) in [5, 5.41) is 0. The molecule has 1 spiro atoms. The van der Waals surface area contributed by atoms with E-state index in [0.717, 1.165) is 50.0 Å². The van der Waals surface area contributed by atoms with E-state index < -0.39 is 0 Å². The van der Waals surface area contributed by atoms with Crippen molar-refractivity contribution in [2.45, 2.75) is 38.6 Å². The van der Waals surface area contributed by atoms with Crippen molar-refractivity contribution in [3.05, 3.63) is 66.0 Å². The van der Waals surface area contributed by atoms with Gasteiger partial charge < -0.3 is 9.80 Å². The fraction of sp³-hybridized carbons (Fsp3) is 0.435. The minimum Gasteiger partial charge on any atom is -0.342 e. The Labute approximate surface area is 166 Å². The molecule has 0 N–H and O–H groups in total. The molecule has 4 rings (SSSR count). The number of likely N-dealkylation sites (tertiary alicyclic amines) is 2. The zero-order valence-electron chi connectivity index (χ0n) is 16.2. The third-order valence-corrected chi connectivity index (χ3v) is 6.22. The number of nitrogens with zero attached hydrogens (tertiary/aromatic N) is 3. The van der Waals surface area contributed by atoms with Gasteiger partial charge in [-0.25, -0.2) is 0 Å². The van der Waals surface area contributed by atoms with Crippen molar-refractivity contribution < 1.29 is 9.59 Å². The quantitative estimate of drug-likeness (QED) is 0.823. The molecule has 0 atom stereocenters. The van der Waals surface area contributed by atoms with Crippen molar-refractivity contribution in [2.75, 3.05) is 19.6 Å². The Morgan fingerprint density at radius 2 is 1.75 bits per heavy atom. The van der Waals surface area contributed by atoms with E-state index in [1.54, 1.807) is 6.20 Å². The molecule has 2 fully saturated rings. The maximum absolute atomic E-state index is 12.7. The lowest BCUT2D eigenvalue weighted by atomic mass is 9.72. The van der Waals surface area contributed by atoms with Crippen molar-refractivity contribution >= 4 is 11.8 Å². The molecule has 0 radical (unpaired) electrons. The van der Waals surface area contributed by atoms with Gasteiger partial charge in [-0.1, -0.05) is 36.4 Å². The van der Waals surface area contributed by atoms with Gasteiger partial charge in [0.25, 0.3) is 0 Å². The van der Waals surface area contributed by atoms with E-state index in [-0.39, 0.29) is 17.2 Å². The number of benzene rings is 1. The third-order valence-electron chi connectivity index (χ3n) is 6.22. The Kier molecular flexibility index (Phi) is 5.42.